The average molecular weight is 365 g/mol. The number of carbonyl (C=O) groups excluding carboxylic acids is 2. The van der Waals surface area contributed by atoms with Crippen LogP contribution < -0.4 is 4.74 Å². The molecule has 0 saturated heterocycles. The second-order valence-corrected chi connectivity index (χ2v) is 6.33. The maximum atomic E-state index is 12.4. The Kier molecular flexibility index (Phi) is 6.26. The zero-order valence-electron chi connectivity index (χ0n) is 15.4. The summed E-state index contributed by atoms with van der Waals surface area (Å²) in [6.45, 7) is 2.51. The number of H-pyrrole nitrogens is 1. The summed E-state index contributed by atoms with van der Waals surface area (Å²) in [6.07, 6.45) is 4.93. The van der Waals surface area contributed by atoms with Crippen molar-refractivity contribution in [3.05, 3.63) is 65.9 Å². The molecule has 0 aliphatic heterocycles. The van der Waals surface area contributed by atoms with E-state index in [2.05, 4.69) is 11.9 Å². The van der Waals surface area contributed by atoms with Crippen molar-refractivity contribution in [2.45, 2.75) is 26.2 Å². The Balaban J connectivity index is 1.53. The van der Waals surface area contributed by atoms with E-state index in [1.54, 1.807) is 30.5 Å². The largest absolute Gasteiger partial charge is 0.494 e. The van der Waals surface area contributed by atoms with Gasteiger partial charge in [0.15, 0.2) is 6.61 Å². The van der Waals surface area contributed by atoms with E-state index in [-0.39, 0.29) is 12.4 Å². The first-order chi connectivity index (χ1) is 13.2. The Labute approximate surface area is 158 Å². The molecule has 2 aromatic carbocycles. The van der Waals surface area contributed by atoms with E-state index in [0.29, 0.717) is 17.7 Å². The molecule has 0 spiro atoms. The molecular formula is C22H23NO4. The van der Waals surface area contributed by atoms with Gasteiger partial charge in [-0.25, -0.2) is 4.79 Å². The van der Waals surface area contributed by atoms with Gasteiger partial charge in [0.2, 0.25) is 5.78 Å². The van der Waals surface area contributed by atoms with Crippen LogP contribution in [0.3, 0.4) is 0 Å². The van der Waals surface area contributed by atoms with Gasteiger partial charge in [0.1, 0.15) is 5.75 Å². The van der Waals surface area contributed by atoms with Crippen molar-refractivity contribution in [2.75, 3.05) is 13.2 Å². The molecule has 140 valence electrons. The minimum absolute atomic E-state index is 0.239. The number of ketones is 1. The summed E-state index contributed by atoms with van der Waals surface area (Å²) >= 11 is 0. The number of fused-ring (bicyclic) bond motifs is 1. The van der Waals surface area contributed by atoms with Crippen LogP contribution in [0.4, 0.5) is 0 Å². The first-order valence-electron chi connectivity index (χ1n) is 9.18. The highest BCUT2D eigenvalue weighted by Crippen LogP contribution is 2.18. The molecule has 0 amide bonds. The highest BCUT2D eigenvalue weighted by atomic mass is 16.5. The van der Waals surface area contributed by atoms with Crippen molar-refractivity contribution >= 4 is 22.7 Å². The lowest BCUT2D eigenvalue weighted by Crippen LogP contribution is -2.14. The van der Waals surface area contributed by atoms with Gasteiger partial charge in [-0.1, -0.05) is 38.0 Å². The number of unbranched alkanes of at least 4 members (excludes halogenated alkanes) is 2. The fraction of sp³-hybridized carbons (Fsp3) is 0.273. The molecule has 0 unspecified atom stereocenters. The molecule has 5 heteroatoms. The van der Waals surface area contributed by atoms with Gasteiger partial charge in [-0.05, 0) is 36.8 Å². The summed E-state index contributed by atoms with van der Waals surface area (Å²) in [5.74, 6) is -0.0464. The molecule has 0 atom stereocenters. The van der Waals surface area contributed by atoms with Crippen molar-refractivity contribution < 1.29 is 19.1 Å². The van der Waals surface area contributed by atoms with Crippen LogP contribution in [0.25, 0.3) is 10.9 Å². The van der Waals surface area contributed by atoms with Gasteiger partial charge in [0.05, 0.1) is 12.2 Å². The Morgan fingerprint density at radius 2 is 1.78 bits per heavy atom. The van der Waals surface area contributed by atoms with E-state index in [4.69, 9.17) is 9.47 Å². The maximum Gasteiger partial charge on any atom is 0.338 e. The van der Waals surface area contributed by atoms with Crippen molar-refractivity contribution in [3.63, 3.8) is 0 Å². The molecular weight excluding hydrogens is 342 g/mol. The predicted octanol–water partition coefficient (Wildman–Crippen LogP) is 4.78. The number of Topliss-reactive ketones (excluding diaryl/α,β-unsaturated/α-hetero) is 1. The van der Waals surface area contributed by atoms with Crippen LogP contribution in [0.2, 0.25) is 0 Å². The van der Waals surface area contributed by atoms with Crippen LogP contribution >= 0.6 is 0 Å². The van der Waals surface area contributed by atoms with E-state index >= 15 is 0 Å². The molecule has 1 N–H and O–H groups in total. The Morgan fingerprint density at radius 1 is 1.00 bits per heavy atom. The van der Waals surface area contributed by atoms with Gasteiger partial charge in [-0.2, -0.15) is 0 Å². The monoisotopic (exact) mass is 365 g/mol. The number of para-hydroxylation sites is 1. The Bertz CT molecular complexity index is 911. The molecule has 0 radical (unpaired) electrons. The zero-order chi connectivity index (χ0) is 19.1. The Hall–Kier alpha value is -3.08. The molecule has 1 aromatic heterocycles. The molecule has 0 aliphatic rings. The SMILES string of the molecule is CCCCCOc1ccc(C(=O)OCC(=O)c2c[nH]c3ccccc23)cc1. The molecule has 1 heterocycles. The number of hydrogen-bond donors (Lipinski definition) is 1. The third-order valence-corrected chi connectivity index (χ3v) is 4.33. The maximum absolute atomic E-state index is 12.4. The number of aromatic nitrogens is 1. The van der Waals surface area contributed by atoms with Crippen molar-refractivity contribution in [1.82, 2.24) is 4.98 Å². The normalized spacial score (nSPS) is 10.7. The highest BCUT2D eigenvalue weighted by Gasteiger charge is 2.15. The first kappa shape index (κ1) is 18.7. The van der Waals surface area contributed by atoms with Gasteiger partial charge < -0.3 is 14.5 Å². The standard InChI is InChI=1S/C22H23NO4/c1-2-3-6-13-26-17-11-9-16(10-12-17)22(25)27-15-21(24)19-14-23-20-8-5-4-7-18(19)20/h4-5,7-12,14,23H,2-3,6,13,15H2,1H3. The van der Waals surface area contributed by atoms with E-state index in [1.165, 1.54) is 0 Å². The second kappa shape index (κ2) is 9.03. The molecule has 0 bridgehead atoms. The lowest BCUT2D eigenvalue weighted by Gasteiger charge is -2.07. The molecule has 5 nitrogen and oxygen atoms in total. The molecule has 3 rings (SSSR count). The Morgan fingerprint density at radius 3 is 2.56 bits per heavy atom. The van der Waals surface area contributed by atoms with E-state index in [9.17, 15) is 9.59 Å². The number of nitrogens with one attached hydrogen (secondary N) is 1. The number of aromatic amines is 1. The van der Waals surface area contributed by atoms with Gasteiger partial charge >= 0.3 is 5.97 Å². The fourth-order valence-electron chi connectivity index (χ4n) is 2.82. The van der Waals surface area contributed by atoms with E-state index in [1.807, 2.05) is 24.3 Å². The molecule has 0 fully saturated rings. The van der Waals surface area contributed by atoms with Crippen LogP contribution in [0.1, 0.15) is 46.9 Å². The number of benzene rings is 2. The molecule has 0 aliphatic carbocycles. The van der Waals surface area contributed by atoms with E-state index < -0.39 is 5.97 Å². The summed E-state index contributed by atoms with van der Waals surface area (Å²) in [4.78, 5) is 27.6. The van der Waals surface area contributed by atoms with Crippen LogP contribution in [0.15, 0.2) is 54.7 Å². The highest BCUT2D eigenvalue weighted by molar-refractivity contribution is 6.09. The molecule has 0 saturated carbocycles. The number of hydrogen-bond acceptors (Lipinski definition) is 4. The van der Waals surface area contributed by atoms with E-state index in [0.717, 1.165) is 35.9 Å². The van der Waals surface area contributed by atoms with Crippen LogP contribution in [0, 0.1) is 0 Å². The van der Waals surface area contributed by atoms with Gasteiger partial charge in [-0.3, -0.25) is 4.79 Å². The topological polar surface area (TPSA) is 68.4 Å². The quantitative estimate of drug-likeness (QED) is 0.337. The zero-order valence-corrected chi connectivity index (χ0v) is 15.4. The van der Waals surface area contributed by atoms with Gasteiger partial charge in [-0.15, -0.1) is 0 Å². The summed E-state index contributed by atoms with van der Waals surface area (Å²) in [7, 11) is 0. The fourth-order valence-corrected chi connectivity index (χ4v) is 2.82. The third kappa shape index (κ3) is 4.76. The average Bonchev–Trinajstić information content (AvgIpc) is 3.14. The molecule has 3 aromatic rings. The smallest absolute Gasteiger partial charge is 0.338 e. The van der Waals surface area contributed by atoms with Gasteiger partial charge in [0.25, 0.3) is 0 Å². The summed E-state index contributed by atoms with van der Waals surface area (Å²) < 4.78 is 10.8. The third-order valence-electron chi connectivity index (χ3n) is 4.33. The number of rotatable bonds is 9. The summed E-state index contributed by atoms with van der Waals surface area (Å²) in [5, 5.41) is 0.822. The van der Waals surface area contributed by atoms with Crippen LogP contribution in [-0.4, -0.2) is 30.0 Å². The van der Waals surface area contributed by atoms with Crippen LogP contribution in [0.5, 0.6) is 5.75 Å². The van der Waals surface area contributed by atoms with Gasteiger partial charge in [0, 0.05) is 22.7 Å². The molecule has 27 heavy (non-hydrogen) atoms. The summed E-state index contributed by atoms with van der Waals surface area (Å²) in [5.41, 5.74) is 1.79. The number of carbonyl (C=O) groups is 2. The minimum atomic E-state index is -0.527. The lowest BCUT2D eigenvalue weighted by molar-refractivity contribution is 0.0475. The minimum Gasteiger partial charge on any atom is -0.494 e. The van der Waals surface area contributed by atoms with Crippen molar-refractivity contribution in [2.24, 2.45) is 0 Å². The summed E-state index contributed by atoms with van der Waals surface area (Å²) in [6, 6.07) is 14.3. The number of esters is 1. The lowest BCUT2D eigenvalue weighted by atomic mass is 10.1. The number of ether oxygens (including phenoxy) is 2. The predicted molar refractivity (Wildman–Crippen MR) is 104 cm³/mol. The first-order valence-corrected chi connectivity index (χ1v) is 9.18. The second-order valence-electron chi connectivity index (χ2n) is 6.33. The van der Waals surface area contributed by atoms with Crippen LogP contribution in [-0.2, 0) is 4.74 Å². The van der Waals surface area contributed by atoms with Crippen molar-refractivity contribution in [1.29, 1.82) is 0 Å². The van der Waals surface area contributed by atoms with Crippen molar-refractivity contribution in [3.8, 4) is 5.75 Å².